The van der Waals surface area contributed by atoms with Crippen molar-refractivity contribution in [1.82, 2.24) is 0 Å². The molecule has 0 aromatic rings. The Kier molecular flexibility index (Phi) is 3.17. The summed E-state index contributed by atoms with van der Waals surface area (Å²) in [5.41, 5.74) is 2.29. The predicted molar refractivity (Wildman–Crippen MR) is 89.5 cm³/mol. The monoisotopic (exact) mass is 304 g/mol. The molecular formula is C19H28OS. The predicted octanol–water partition coefficient (Wildman–Crippen LogP) is 4.82. The summed E-state index contributed by atoms with van der Waals surface area (Å²) in [4.78, 5) is 11.8. The number of carbonyl (C=O) groups excluding carboxylic acids is 1. The van der Waals surface area contributed by atoms with Gasteiger partial charge in [-0.25, -0.2) is 0 Å². The van der Waals surface area contributed by atoms with Crippen LogP contribution >= 0.6 is 12.6 Å². The van der Waals surface area contributed by atoms with Gasteiger partial charge in [0.05, 0.1) is 0 Å². The van der Waals surface area contributed by atoms with E-state index in [1.54, 1.807) is 0 Å². The van der Waals surface area contributed by atoms with E-state index in [0.717, 1.165) is 30.6 Å². The number of carbonyl (C=O) groups is 1. The van der Waals surface area contributed by atoms with Gasteiger partial charge in [-0.2, -0.15) is 12.6 Å². The van der Waals surface area contributed by atoms with Crippen LogP contribution < -0.4 is 0 Å². The normalized spacial score (nSPS) is 52.7. The van der Waals surface area contributed by atoms with E-state index in [4.69, 9.17) is 12.6 Å². The Hall–Kier alpha value is -0.240. The van der Waals surface area contributed by atoms with Crippen molar-refractivity contribution in [2.24, 2.45) is 28.6 Å². The van der Waals surface area contributed by atoms with Crippen LogP contribution in [0.25, 0.3) is 0 Å². The largest absolute Gasteiger partial charge is 0.295 e. The molecule has 0 N–H and O–H groups in total. The van der Waals surface area contributed by atoms with Gasteiger partial charge in [-0.05, 0) is 79.6 Å². The number of rotatable bonds is 0. The standard InChI is InChI=1S/C19H28OS/c1-18-9-7-13(20)11-12(18)3-4-14-15-5-6-17(21)19(15,2)10-8-16(14)18/h11,14-17,21H,3-10H2,1-2H3/t14-,15-,16-,17+,18-,19-/m0/s1. The van der Waals surface area contributed by atoms with Crippen LogP contribution in [0.1, 0.15) is 65.2 Å². The highest BCUT2D eigenvalue weighted by Crippen LogP contribution is 2.65. The van der Waals surface area contributed by atoms with E-state index in [2.05, 4.69) is 13.8 Å². The molecule has 4 aliphatic carbocycles. The Morgan fingerprint density at radius 3 is 2.67 bits per heavy atom. The molecule has 3 fully saturated rings. The topological polar surface area (TPSA) is 17.1 Å². The van der Waals surface area contributed by atoms with Gasteiger partial charge in [0.2, 0.25) is 0 Å². The average molecular weight is 304 g/mol. The van der Waals surface area contributed by atoms with Gasteiger partial charge < -0.3 is 0 Å². The molecule has 1 nitrogen and oxygen atoms in total. The minimum atomic E-state index is 0.326. The first kappa shape index (κ1) is 14.4. The van der Waals surface area contributed by atoms with Crippen molar-refractivity contribution >= 4 is 18.4 Å². The second kappa shape index (κ2) is 4.63. The highest BCUT2D eigenvalue weighted by atomic mass is 32.1. The number of fused-ring (bicyclic) bond motifs is 5. The molecule has 0 heterocycles. The van der Waals surface area contributed by atoms with E-state index in [1.165, 1.54) is 44.1 Å². The second-order valence-electron chi connectivity index (χ2n) is 8.61. The molecule has 0 spiro atoms. The lowest BCUT2D eigenvalue weighted by Gasteiger charge is -2.57. The third-order valence-electron chi connectivity index (χ3n) is 7.91. The quantitative estimate of drug-likeness (QED) is 0.635. The highest BCUT2D eigenvalue weighted by molar-refractivity contribution is 7.81. The zero-order chi connectivity index (χ0) is 14.8. The molecule has 0 bridgehead atoms. The zero-order valence-electron chi connectivity index (χ0n) is 13.4. The van der Waals surface area contributed by atoms with Crippen molar-refractivity contribution in [2.75, 3.05) is 0 Å². The lowest BCUT2D eigenvalue weighted by Crippen LogP contribution is -2.50. The van der Waals surface area contributed by atoms with Crippen LogP contribution in [-0.4, -0.2) is 11.0 Å². The summed E-state index contributed by atoms with van der Waals surface area (Å²) in [7, 11) is 0. The van der Waals surface area contributed by atoms with Crippen molar-refractivity contribution in [3.63, 3.8) is 0 Å². The number of thiol groups is 1. The maximum absolute atomic E-state index is 11.8. The minimum Gasteiger partial charge on any atom is -0.295 e. The van der Waals surface area contributed by atoms with E-state index in [1.807, 2.05) is 6.08 Å². The Balaban J connectivity index is 1.69. The van der Waals surface area contributed by atoms with E-state index in [0.29, 0.717) is 21.9 Å². The second-order valence-corrected chi connectivity index (χ2v) is 9.23. The van der Waals surface area contributed by atoms with E-state index < -0.39 is 0 Å². The van der Waals surface area contributed by atoms with Gasteiger partial charge >= 0.3 is 0 Å². The van der Waals surface area contributed by atoms with Gasteiger partial charge in [-0.15, -0.1) is 0 Å². The first-order chi connectivity index (χ1) is 9.95. The van der Waals surface area contributed by atoms with Gasteiger partial charge in [0, 0.05) is 11.7 Å². The first-order valence-electron chi connectivity index (χ1n) is 8.87. The summed E-state index contributed by atoms with van der Waals surface area (Å²) in [6, 6.07) is 0. The van der Waals surface area contributed by atoms with Crippen LogP contribution in [0.4, 0.5) is 0 Å². The SMILES string of the molecule is C[C@]12CC[C@H]3[C@@H](CCC4=CC(=O)CC[C@@]43C)[C@@H]1CC[C@H]2S. The lowest BCUT2D eigenvalue weighted by atomic mass is 9.47. The van der Waals surface area contributed by atoms with Crippen molar-refractivity contribution in [1.29, 1.82) is 0 Å². The summed E-state index contributed by atoms with van der Waals surface area (Å²) in [6.07, 6.45) is 11.8. The Morgan fingerprint density at radius 2 is 1.86 bits per heavy atom. The summed E-state index contributed by atoms with van der Waals surface area (Å²) in [5.74, 6) is 2.96. The molecule has 0 aliphatic heterocycles. The van der Waals surface area contributed by atoms with Gasteiger partial charge in [-0.3, -0.25) is 4.79 Å². The molecule has 4 rings (SSSR count). The number of hydrogen-bond acceptors (Lipinski definition) is 2. The molecule has 4 aliphatic rings. The van der Waals surface area contributed by atoms with Crippen LogP contribution in [-0.2, 0) is 4.79 Å². The van der Waals surface area contributed by atoms with Crippen molar-refractivity contribution in [3.05, 3.63) is 11.6 Å². The maximum atomic E-state index is 11.8. The third-order valence-corrected chi connectivity index (χ3v) is 8.76. The Bertz CT molecular complexity index is 510. The van der Waals surface area contributed by atoms with Crippen molar-refractivity contribution in [2.45, 2.75) is 70.5 Å². The van der Waals surface area contributed by atoms with Gasteiger partial charge in [0.15, 0.2) is 5.78 Å². The van der Waals surface area contributed by atoms with Crippen molar-refractivity contribution < 1.29 is 4.79 Å². The molecule has 6 atom stereocenters. The van der Waals surface area contributed by atoms with Gasteiger partial charge in [0.25, 0.3) is 0 Å². The van der Waals surface area contributed by atoms with E-state index in [-0.39, 0.29) is 0 Å². The fourth-order valence-electron chi connectivity index (χ4n) is 6.53. The van der Waals surface area contributed by atoms with Gasteiger partial charge in [-0.1, -0.05) is 19.4 Å². The highest BCUT2D eigenvalue weighted by Gasteiger charge is 2.58. The van der Waals surface area contributed by atoms with Crippen LogP contribution in [0, 0.1) is 28.6 Å². The number of hydrogen-bond donors (Lipinski definition) is 1. The molecule has 0 saturated heterocycles. The molecule has 0 aromatic heterocycles. The van der Waals surface area contributed by atoms with Crippen LogP contribution in [0.5, 0.6) is 0 Å². The Morgan fingerprint density at radius 1 is 1.05 bits per heavy atom. The van der Waals surface area contributed by atoms with E-state index >= 15 is 0 Å². The summed E-state index contributed by atoms with van der Waals surface area (Å²) >= 11 is 4.93. The molecule has 2 heteroatoms. The van der Waals surface area contributed by atoms with Crippen molar-refractivity contribution in [3.8, 4) is 0 Å². The first-order valence-corrected chi connectivity index (χ1v) is 9.39. The molecular weight excluding hydrogens is 276 g/mol. The summed E-state index contributed by atoms with van der Waals surface area (Å²) in [6.45, 7) is 4.98. The maximum Gasteiger partial charge on any atom is 0.155 e. The molecule has 0 aromatic carbocycles. The summed E-state index contributed by atoms with van der Waals surface area (Å²) in [5, 5.41) is 0.612. The average Bonchev–Trinajstić information content (AvgIpc) is 2.76. The number of allylic oxidation sites excluding steroid dienone is 1. The smallest absolute Gasteiger partial charge is 0.155 e. The van der Waals surface area contributed by atoms with Gasteiger partial charge in [0.1, 0.15) is 0 Å². The van der Waals surface area contributed by atoms with E-state index in [9.17, 15) is 4.79 Å². The van der Waals surface area contributed by atoms with Crippen LogP contribution in [0.15, 0.2) is 11.6 Å². The molecule has 0 radical (unpaired) electrons. The third kappa shape index (κ3) is 1.87. The summed E-state index contributed by atoms with van der Waals surface area (Å²) < 4.78 is 0. The fourth-order valence-corrected chi connectivity index (χ4v) is 7.00. The Labute approximate surface area is 134 Å². The lowest BCUT2D eigenvalue weighted by molar-refractivity contribution is -0.117. The van der Waals surface area contributed by atoms with Crippen LogP contribution in [0.3, 0.4) is 0 Å². The fraction of sp³-hybridized carbons (Fsp3) is 0.842. The minimum absolute atomic E-state index is 0.326. The van der Waals surface area contributed by atoms with Crippen LogP contribution in [0.2, 0.25) is 0 Å². The molecule has 116 valence electrons. The molecule has 3 saturated carbocycles. The molecule has 0 unspecified atom stereocenters. The zero-order valence-corrected chi connectivity index (χ0v) is 14.3. The number of ketones is 1. The molecule has 21 heavy (non-hydrogen) atoms. The molecule has 0 amide bonds.